The fourth-order valence-corrected chi connectivity index (χ4v) is 2.31. The highest BCUT2D eigenvalue weighted by molar-refractivity contribution is 5.97. The van der Waals surface area contributed by atoms with E-state index in [0.717, 1.165) is 5.75 Å². The van der Waals surface area contributed by atoms with Gasteiger partial charge in [0.05, 0.1) is 13.7 Å². The first-order valence-corrected chi connectivity index (χ1v) is 8.92. The Bertz CT molecular complexity index is 801. The van der Waals surface area contributed by atoms with Gasteiger partial charge in [-0.15, -0.1) is 0 Å². The van der Waals surface area contributed by atoms with E-state index in [1.165, 1.54) is 12.7 Å². The Kier molecular flexibility index (Phi) is 8.02. The van der Waals surface area contributed by atoms with Crippen molar-refractivity contribution in [3.8, 4) is 5.75 Å². The van der Waals surface area contributed by atoms with E-state index in [0.29, 0.717) is 30.7 Å². The van der Waals surface area contributed by atoms with Gasteiger partial charge in [0.1, 0.15) is 12.3 Å². The van der Waals surface area contributed by atoms with Crippen LogP contribution in [0.3, 0.4) is 0 Å². The molecule has 0 heterocycles. The van der Waals surface area contributed by atoms with Gasteiger partial charge in [-0.05, 0) is 49.7 Å². The van der Waals surface area contributed by atoms with Gasteiger partial charge in [0.25, 0.3) is 5.91 Å². The zero-order chi connectivity index (χ0) is 20.4. The summed E-state index contributed by atoms with van der Waals surface area (Å²) in [5, 5.41) is 5.22. The Labute approximate surface area is 164 Å². The lowest BCUT2D eigenvalue weighted by molar-refractivity contribution is -0.139. The second-order valence-corrected chi connectivity index (χ2v) is 6.15. The number of anilines is 1. The molecule has 0 spiro atoms. The molecule has 0 aliphatic heterocycles. The van der Waals surface area contributed by atoms with Crippen molar-refractivity contribution in [1.29, 1.82) is 0 Å². The van der Waals surface area contributed by atoms with Crippen LogP contribution >= 0.6 is 0 Å². The fourth-order valence-electron chi connectivity index (χ4n) is 2.31. The number of benzene rings is 2. The van der Waals surface area contributed by atoms with E-state index in [1.807, 2.05) is 31.2 Å². The summed E-state index contributed by atoms with van der Waals surface area (Å²) in [6.07, 6.45) is 0.918. The molecule has 0 saturated heterocycles. The van der Waals surface area contributed by atoms with Crippen molar-refractivity contribution < 1.29 is 23.9 Å². The lowest BCUT2D eigenvalue weighted by Gasteiger charge is -2.08. The first-order valence-electron chi connectivity index (χ1n) is 8.92. The summed E-state index contributed by atoms with van der Waals surface area (Å²) in [5.74, 6) is -0.261. The van der Waals surface area contributed by atoms with Crippen LogP contribution in [0.25, 0.3) is 0 Å². The maximum absolute atomic E-state index is 12.0. The highest BCUT2D eigenvalue weighted by Gasteiger charge is 2.09. The molecule has 0 aliphatic carbocycles. The van der Waals surface area contributed by atoms with Gasteiger partial charge in [-0.2, -0.15) is 0 Å². The smallest absolute Gasteiger partial charge is 0.325 e. The van der Waals surface area contributed by atoms with E-state index >= 15 is 0 Å². The van der Waals surface area contributed by atoms with Crippen LogP contribution in [0.5, 0.6) is 5.75 Å². The lowest BCUT2D eigenvalue weighted by Crippen LogP contribution is -2.30. The number of nitrogens with one attached hydrogen (secondary N) is 2. The van der Waals surface area contributed by atoms with Crippen molar-refractivity contribution in [2.75, 3.05) is 25.6 Å². The van der Waals surface area contributed by atoms with E-state index in [2.05, 4.69) is 15.4 Å². The number of methoxy groups -OCH3 is 1. The van der Waals surface area contributed by atoms with Crippen LogP contribution in [0.2, 0.25) is 0 Å². The highest BCUT2D eigenvalue weighted by Crippen LogP contribution is 2.13. The molecule has 0 saturated carbocycles. The molecule has 2 rings (SSSR count). The van der Waals surface area contributed by atoms with Crippen LogP contribution in [0.4, 0.5) is 5.69 Å². The van der Waals surface area contributed by atoms with Gasteiger partial charge in [-0.3, -0.25) is 14.4 Å². The van der Waals surface area contributed by atoms with Crippen LogP contribution in [0, 0.1) is 6.92 Å². The minimum atomic E-state index is -0.524. The molecule has 2 aromatic carbocycles. The van der Waals surface area contributed by atoms with Crippen molar-refractivity contribution >= 4 is 23.5 Å². The first-order chi connectivity index (χ1) is 13.5. The van der Waals surface area contributed by atoms with Gasteiger partial charge < -0.3 is 20.1 Å². The molecule has 148 valence electrons. The van der Waals surface area contributed by atoms with Crippen LogP contribution in [0.1, 0.15) is 28.8 Å². The summed E-state index contributed by atoms with van der Waals surface area (Å²) >= 11 is 0. The number of amides is 2. The molecule has 0 atom stereocenters. The third-order valence-corrected chi connectivity index (χ3v) is 3.89. The second kappa shape index (κ2) is 10.7. The predicted octanol–water partition coefficient (Wildman–Crippen LogP) is 2.70. The van der Waals surface area contributed by atoms with Crippen molar-refractivity contribution in [3.63, 3.8) is 0 Å². The molecule has 0 aromatic heterocycles. The van der Waals surface area contributed by atoms with Crippen molar-refractivity contribution in [2.45, 2.75) is 19.8 Å². The molecular weight excluding hydrogens is 360 g/mol. The Balaban J connectivity index is 1.70. The number of carbonyl (C=O) groups is 3. The Morgan fingerprint density at radius 3 is 2.29 bits per heavy atom. The number of hydrogen-bond acceptors (Lipinski definition) is 5. The molecule has 2 N–H and O–H groups in total. The third kappa shape index (κ3) is 7.11. The summed E-state index contributed by atoms with van der Waals surface area (Å²) in [7, 11) is 1.25. The number of rotatable bonds is 9. The molecule has 0 bridgehead atoms. The first kappa shape index (κ1) is 21.0. The minimum Gasteiger partial charge on any atom is -0.494 e. The summed E-state index contributed by atoms with van der Waals surface area (Å²) in [6.45, 7) is 2.27. The minimum absolute atomic E-state index is 0.129. The van der Waals surface area contributed by atoms with Crippen molar-refractivity contribution in [2.24, 2.45) is 0 Å². The molecule has 0 unspecified atom stereocenters. The van der Waals surface area contributed by atoms with E-state index in [4.69, 9.17) is 4.74 Å². The molecule has 2 amide bonds. The molecule has 7 nitrogen and oxygen atoms in total. The fraction of sp³-hybridized carbons (Fsp3) is 0.286. The van der Waals surface area contributed by atoms with Gasteiger partial charge in [0.15, 0.2) is 0 Å². The molecule has 2 aromatic rings. The normalized spacial score (nSPS) is 10.1. The molecule has 0 aliphatic rings. The van der Waals surface area contributed by atoms with Crippen LogP contribution in [-0.4, -0.2) is 38.0 Å². The number of aryl methyl sites for hydroxylation is 1. The number of esters is 1. The number of ether oxygens (including phenoxy) is 2. The Hall–Kier alpha value is -3.35. The van der Waals surface area contributed by atoms with E-state index < -0.39 is 11.9 Å². The summed E-state index contributed by atoms with van der Waals surface area (Å²) in [5.41, 5.74) is 2.14. The van der Waals surface area contributed by atoms with Crippen LogP contribution in [-0.2, 0) is 14.3 Å². The van der Waals surface area contributed by atoms with Crippen molar-refractivity contribution in [3.05, 3.63) is 59.7 Å². The van der Waals surface area contributed by atoms with Crippen LogP contribution < -0.4 is 15.4 Å². The van der Waals surface area contributed by atoms with Gasteiger partial charge in [0, 0.05) is 17.7 Å². The van der Waals surface area contributed by atoms with E-state index in [-0.39, 0.29) is 12.5 Å². The highest BCUT2D eigenvalue weighted by atomic mass is 16.5. The van der Waals surface area contributed by atoms with Gasteiger partial charge in [0.2, 0.25) is 5.91 Å². The SMILES string of the molecule is COC(=O)CNC(=O)c1ccc(NC(=O)CCCOc2ccc(C)cc2)cc1. The zero-order valence-corrected chi connectivity index (χ0v) is 16.0. The van der Waals surface area contributed by atoms with E-state index in [9.17, 15) is 14.4 Å². The standard InChI is InChI=1S/C21H24N2O5/c1-15-5-11-18(12-6-15)28-13-3-4-19(24)23-17-9-7-16(8-10-17)21(26)22-14-20(25)27-2/h5-12H,3-4,13-14H2,1-2H3,(H,22,26)(H,23,24). The third-order valence-electron chi connectivity index (χ3n) is 3.89. The maximum atomic E-state index is 12.0. The summed E-state index contributed by atoms with van der Waals surface area (Å²) in [4.78, 5) is 34.9. The summed E-state index contributed by atoms with van der Waals surface area (Å²) in [6, 6.07) is 14.2. The molecule has 0 fully saturated rings. The average molecular weight is 384 g/mol. The average Bonchev–Trinajstić information content (AvgIpc) is 2.71. The zero-order valence-electron chi connectivity index (χ0n) is 16.0. The van der Waals surface area contributed by atoms with Gasteiger partial charge in [-0.25, -0.2) is 0 Å². The quantitative estimate of drug-likeness (QED) is 0.512. The molecule has 0 radical (unpaired) electrons. The monoisotopic (exact) mass is 384 g/mol. The topological polar surface area (TPSA) is 93.7 Å². The maximum Gasteiger partial charge on any atom is 0.325 e. The lowest BCUT2D eigenvalue weighted by atomic mass is 10.2. The number of carbonyl (C=O) groups excluding carboxylic acids is 3. The number of hydrogen-bond donors (Lipinski definition) is 2. The largest absolute Gasteiger partial charge is 0.494 e. The molecule has 28 heavy (non-hydrogen) atoms. The van der Waals surface area contributed by atoms with Crippen LogP contribution in [0.15, 0.2) is 48.5 Å². The van der Waals surface area contributed by atoms with Crippen molar-refractivity contribution in [1.82, 2.24) is 5.32 Å². The second-order valence-electron chi connectivity index (χ2n) is 6.15. The molecule has 7 heteroatoms. The van der Waals surface area contributed by atoms with Gasteiger partial charge in [-0.1, -0.05) is 17.7 Å². The Morgan fingerprint density at radius 2 is 1.64 bits per heavy atom. The molecular formula is C21H24N2O5. The van der Waals surface area contributed by atoms with Gasteiger partial charge >= 0.3 is 5.97 Å². The Morgan fingerprint density at radius 1 is 0.964 bits per heavy atom. The predicted molar refractivity (Wildman–Crippen MR) is 105 cm³/mol. The summed E-state index contributed by atoms with van der Waals surface area (Å²) < 4.78 is 10.1. The van der Waals surface area contributed by atoms with E-state index in [1.54, 1.807) is 24.3 Å².